The molecule has 0 spiro atoms. The molecule has 1 aliphatic heterocycles. The van der Waals surface area contributed by atoms with Crippen LogP contribution in [0, 0.1) is 5.41 Å². The van der Waals surface area contributed by atoms with Crippen molar-refractivity contribution >= 4 is 5.97 Å². The van der Waals surface area contributed by atoms with E-state index in [4.69, 9.17) is 9.84 Å². The van der Waals surface area contributed by atoms with Crippen LogP contribution < -0.4 is 0 Å². The minimum Gasteiger partial charge on any atom is -0.481 e. The van der Waals surface area contributed by atoms with Gasteiger partial charge in [-0.15, -0.1) is 5.10 Å². The van der Waals surface area contributed by atoms with Crippen LogP contribution in [0.25, 0.3) is 0 Å². The number of carboxylic acids is 1. The molecule has 1 saturated heterocycles. The summed E-state index contributed by atoms with van der Waals surface area (Å²) in [5.41, 5.74) is -0.234. The van der Waals surface area contributed by atoms with Gasteiger partial charge in [-0.3, -0.25) is 4.79 Å². The van der Waals surface area contributed by atoms with Gasteiger partial charge >= 0.3 is 5.97 Å². The van der Waals surface area contributed by atoms with Crippen LogP contribution in [0.2, 0.25) is 0 Å². The van der Waals surface area contributed by atoms with Crippen molar-refractivity contribution in [2.24, 2.45) is 5.41 Å². The third-order valence-corrected chi connectivity index (χ3v) is 3.48. The number of ether oxygens (including phenoxy) is 1. The minimum absolute atomic E-state index is 0.00904. The zero-order valence-electron chi connectivity index (χ0n) is 11.5. The zero-order valence-corrected chi connectivity index (χ0v) is 11.5. The third kappa shape index (κ3) is 3.09. The molecule has 1 fully saturated rings. The minimum atomic E-state index is -0.843. The average Bonchev–Trinajstić information content (AvgIpc) is 2.94. The molecule has 19 heavy (non-hydrogen) atoms. The van der Waals surface area contributed by atoms with Crippen molar-refractivity contribution in [2.45, 2.75) is 45.6 Å². The van der Waals surface area contributed by atoms with Crippen LogP contribution in [-0.4, -0.2) is 44.5 Å². The highest BCUT2D eigenvalue weighted by atomic mass is 16.5. The molecule has 2 heterocycles. The number of rotatable bonds is 4. The highest BCUT2D eigenvalue weighted by Gasteiger charge is 2.34. The molecule has 0 bridgehead atoms. The van der Waals surface area contributed by atoms with Crippen LogP contribution in [0.5, 0.6) is 0 Å². The number of carbonyl (C=O) groups is 1. The molecule has 0 amide bonds. The van der Waals surface area contributed by atoms with Gasteiger partial charge in [-0.2, -0.15) is 0 Å². The van der Waals surface area contributed by atoms with E-state index in [9.17, 15) is 4.79 Å². The molecule has 1 aromatic heterocycles. The van der Waals surface area contributed by atoms with E-state index >= 15 is 0 Å². The van der Waals surface area contributed by atoms with E-state index in [1.807, 2.05) is 20.8 Å². The SMILES string of the molecule is CC(C)(C)C(CC(=O)O)n1nnnc1C1CCOC1. The van der Waals surface area contributed by atoms with Crippen LogP contribution in [0.4, 0.5) is 0 Å². The van der Waals surface area contributed by atoms with Gasteiger partial charge in [-0.25, -0.2) is 4.68 Å². The first-order valence-corrected chi connectivity index (χ1v) is 6.47. The number of aliphatic carboxylic acids is 1. The maximum absolute atomic E-state index is 11.1. The van der Waals surface area contributed by atoms with Gasteiger partial charge in [0, 0.05) is 12.5 Å². The standard InChI is InChI=1S/C12H20N4O3/c1-12(2,3)9(6-10(17)18)16-11(13-14-15-16)8-4-5-19-7-8/h8-9H,4-7H2,1-3H3,(H,17,18). The van der Waals surface area contributed by atoms with Crippen LogP contribution in [-0.2, 0) is 9.53 Å². The first-order valence-electron chi connectivity index (χ1n) is 6.47. The predicted octanol–water partition coefficient (Wildman–Crippen LogP) is 1.24. The highest BCUT2D eigenvalue weighted by molar-refractivity contribution is 5.67. The van der Waals surface area contributed by atoms with Gasteiger partial charge < -0.3 is 9.84 Å². The summed E-state index contributed by atoms with van der Waals surface area (Å²) in [4.78, 5) is 11.1. The fourth-order valence-electron chi connectivity index (χ4n) is 2.35. The molecule has 1 aliphatic rings. The molecule has 2 unspecified atom stereocenters. The normalized spacial score (nSPS) is 21.5. The lowest BCUT2D eigenvalue weighted by molar-refractivity contribution is -0.138. The Morgan fingerprint density at radius 2 is 2.32 bits per heavy atom. The van der Waals surface area contributed by atoms with Gasteiger partial charge in [0.2, 0.25) is 0 Å². The summed E-state index contributed by atoms with van der Waals surface area (Å²) in [5, 5.41) is 20.9. The molecule has 106 valence electrons. The van der Waals surface area contributed by atoms with Gasteiger partial charge in [-0.05, 0) is 22.3 Å². The van der Waals surface area contributed by atoms with E-state index in [-0.39, 0.29) is 23.8 Å². The highest BCUT2D eigenvalue weighted by Crippen LogP contribution is 2.35. The molecule has 1 N–H and O–H groups in total. The van der Waals surface area contributed by atoms with Gasteiger partial charge in [-0.1, -0.05) is 20.8 Å². The van der Waals surface area contributed by atoms with Gasteiger partial charge in [0.05, 0.1) is 19.1 Å². The van der Waals surface area contributed by atoms with E-state index < -0.39 is 5.97 Å². The fourth-order valence-corrected chi connectivity index (χ4v) is 2.35. The van der Waals surface area contributed by atoms with Crippen LogP contribution >= 0.6 is 0 Å². The molecule has 0 saturated carbocycles. The van der Waals surface area contributed by atoms with E-state index in [0.29, 0.717) is 13.2 Å². The van der Waals surface area contributed by atoms with Crippen molar-refractivity contribution < 1.29 is 14.6 Å². The summed E-state index contributed by atoms with van der Waals surface area (Å²) in [6, 6.07) is -0.268. The second-order valence-corrected chi connectivity index (χ2v) is 6.02. The van der Waals surface area contributed by atoms with Crippen LogP contribution in [0.3, 0.4) is 0 Å². The number of aromatic nitrogens is 4. The molecule has 1 aromatic rings. The number of tetrazole rings is 1. The monoisotopic (exact) mass is 268 g/mol. The lowest BCUT2D eigenvalue weighted by Crippen LogP contribution is -2.30. The summed E-state index contributed by atoms with van der Waals surface area (Å²) in [6.45, 7) is 7.30. The Hall–Kier alpha value is -1.50. The average molecular weight is 268 g/mol. The maximum Gasteiger partial charge on any atom is 0.305 e. The number of hydrogen-bond donors (Lipinski definition) is 1. The van der Waals surface area contributed by atoms with Crippen molar-refractivity contribution in [1.29, 1.82) is 0 Å². The van der Waals surface area contributed by atoms with Crippen molar-refractivity contribution in [2.75, 3.05) is 13.2 Å². The van der Waals surface area contributed by atoms with E-state index in [1.54, 1.807) is 4.68 Å². The van der Waals surface area contributed by atoms with Gasteiger partial charge in [0.15, 0.2) is 5.82 Å². The zero-order chi connectivity index (χ0) is 14.0. The van der Waals surface area contributed by atoms with Crippen molar-refractivity contribution in [3.05, 3.63) is 5.82 Å². The molecule has 2 rings (SSSR count). The summed E-state index contributed by atoms with van der Waals surface area (Å²) in [7, 11) is 0. The summed E-state index contributed by atoms with van der Waals surface area (Å²) < 4.78 is 7.03. The van der Waals surface area contributed by atoms with Crippen molar-refractivity contribution in [3.63, 3.8) is 0 Å². The van der Waals surface area contributed by atoms with E-state index in [2.05, 4.69) is 15.5 Å². The lowest BCUT2D eigenvalue weighted by atomic mass is 9.84. The Kier molecular flexibility index (Phi) is 3.84. The lowest BCUT2D eigenvalue weighted by Gasteiger charge is -2.30. The fraction of sp³-hybridized carbons (Fsp3) is 0.833. The first kappa shape index (κ1) is 13.9. The largest absolute Gasteiger partial charge is 0.481 e. The molecule has 0 aliphatic carbocycles. The Balaban J connectivity index is 2.31. The summed E-state index contributed by atoms with van der Waals surface area (Å²) in [5.74, 6) is 0.0522. The third-order valence-electron chi connectivity index (χ3n) is 3.48. The molecule has 0 aromatic carbocycles. The van der Waals surface area contributed by atoms with Gasteiger partial charge in [0.25, 0.3) is 0 Å². The second-order valence-electron chi connectivity index (χ2n) is 6.02. The Labute approximate surface area is 111 Å². The van der Waals surface area contributed by atoms with Crippen LogP contribution in [0.15, 0.2) is 0 Å². The smallest absolute Gasteiger partial charge is 0.305 e. The van der Waals surface area contributed by atoms with E-state index in [1.165, 1.54) is 0 Å². The van der Waals surface area contributed by atoms with Crippen LogP contribution in [0.1, 0.15) is 51.4 Å². The molecular weight excluding hydrogens is 248 g/mol. The Morgan fingerprint density at radius 3 is 2.84 bits per heavy atom. The predicted molar refractivity (Wildman–Crippen MR) is 66.7 cm³/mol. The molecule has 7 nitrogen and oxygen atoms in total. The quantitative estimate of drug-likeness (QED) is 0.883. The van der Waals surface area contributed by atoms with Crippen molar-refractivity contribution in [3.8, 4) is 0 Å². The Morgan fingerprint density at radius 1 is 1.58 bits per heavy atom. The van der Waals surface area contributed by atoms with Gasteiger partial charge in [0.1, 0.15) is 0 Å². The summed E-state index contributed by atoms with van der Waals surface area (Å²) >= 11 is 0. The molecule has 7 heteroatoms. The van der Waals surface area contributed by atoms with Crippen molar-refractivity contribution in [1.82, 2.24) is 20.2 Å². The number of hydrogen-bond acceptors (Lipinski definition) is 5. The Bertz CT molecular complexity index is 446. The number of nitrogens with zero attached hydrogens (tertiary/aromatic N) is 4. The number of carboxylic acid groups (broad SMARTS) is 1. The molecular formula is C12H20N4O3. The second kappa shape index (κ2) is 5.24. The maximum atomic E-state index is 11.1. The topological polar surface area (TPSA) is 90.1 Å². The van der Waals surface area contributed by atoms with E-state index in [0.717, 1.165) is 12.2 Å². The molecule has 2 atom stereocenters. The summed E-state index contributed by atoms with van der Waals surface area (Å²) in [6.07, 6.45) is 0.888. The first-order chi connectivity index (χ1) is 8.89. The molecule has 0 radical (unpaired) electrons.